The number of fused-ring (bicyclic) bond motifs is 4. The van der Waals surface area contributed by atoms with Crippen LogP contribution in [0.4, 0.5) is 17.1 Å². The van der Waals surface area contributed by atoms with Crippen LogP contribution in [0.2, 0.25) is 0 Å². The van der Waals surface area contributed by atoms with Gasteiger partial charge in [0.1, 0.15) is 5.82 Å². The summed E-state index contributed by atoms with van der Waals surface area (Å²) < 4.78 is 2.36. The van der Waals surface area contributed by atoms with Crippen molar-refractivity contribution in [2.75, 3.05) is 4.90 Å². The van der Waals surface area contributed by atoms with E-state index in [2.05, 4.69) is 162 Å². The molecule has 2 heterocycles. The monoisotopic (exact) mass is 563 g/mol. The molecule has 0 spiro atoms. The van der Waals surface area contributed by atoms with Gasteiger partial charge in [-0.25, -0.2) is 4.98 Å². The fourth-order valence-corrected chi connectivity index (χ4v) is 6.86. The van der Waals surface area contributed by atoms with Gasteiger partial charge in [0.25, 0.3) is 0 Å². The van der Waals surface area contributed by atoms with Crippen molar-refractivity contribution < 1.29 is 0 Å². The van der Waals surface area contributed by atoms with E-state index in [0.717, 1.165) is 40.5 Å². The summed E-state index contributed by atoms with van der Waals surface area (Å²) in [4.78, 5) is 7.41. The zero-order valence-corrected chi connectivity index (χ0v) is 24.4. The second-order valence-electron chi connectivity index (χ2n) is 11.6. The van der Waals surface area contributed by atoms with Crippen LogP contribution in [-0.4, -0.2) is 9.55 Å². The molecule has 9 rings (SSSR count). The maximum atomic E-state index is 5.02. The molecule has 3 nitrogen and oxygen atoms in total. The van der Waals surface area contributed by atoms with Gasteiger partial charge in [0, 0.05) is 12.1 Å². The fraction of sp³-hybridized carbons (Fsp3) is 0.0488. The number of aryl methyl sites for hydroxylation is 1. The Morgan fingerprint density at radius 3 is 1.77 bits per heavy atom. The van der Waals surface area contributed by atoms with Gasteiger partial charge >= 0.3 is 0 Å². The molecular formula is C41H29N3. The van der Waals surface area contributed by atoms with Gasteiger partial charge in [-0.1, -0.05) is 97.9 Å². The van der Waals surface area contributed by atoms with Crippen LogP contribution in [0.1, 0.15) is 12.7 Å². The molecule has 1 aliphatic rings. The van der Waals surface area contributed by atoms with Gasteiger partial charge in [-0.05, 0) is 98.4 Å². The first-order valence-electron chi connectivity index (χ1n) is 15.3. The number of hydrogen-bond donors (Lipinski definition) is 0. The van der Waals surface area contributed by atoms with E-state index in [0.29, 0.717) is 0 Å². The average molecular weight is 564 g/mol. The van der Waals surface area contributed by atoms with Crippen LogP contribution in [0, 0.1) is 0 Å². The number of nitrogens with zero attached hydrogens (tertiary/aromatic N) is 3. The zero-order chi connectivity index (χ0) is 29.2. The Morgan fingerprint density at radius 2 is 1.07 bits per heavy atom. The van der Waals surface area contributed by atoms with Gasteiger partial charge in [0.05, 0.1) is 28.1 Å². The quantitative estimate of drug-likeness (QED) is 0.212. The highest BCUT2D eigenvalue weighted by atomic mass is 15.2. The lowest BCUT2D eigenvalue weighted by Gasteiger charge is -2.33. The van der Waals surface area contributed by atoms with Crippen LogP contribution in [0.15, 0.2) is 146 Å². The summed E-state index contributed by atoms with van der Waals surface area (Å²) in [6, 6.07) is 52.9. The molecule has 0 unspecified atom stereocenters. The third kappa shape index (κ3) is 3.79. The van der Waals surface area contributed by atoms with E-state index in [9.17, 15) is 0 Å². The van der Waals surface area contributed by atoms with Crippen LogP contribution < -0.4 is 4.90 Å². The molecule has 0 atom stereocenters. The van der Waals surface area contributed by atoms with Crippen molar-refractivity contribution in [1.82, 2.24) is 9.55 Å². The molecule has 8 aromatic rings. The SMILES string of the molecule is CCc1nc2cccc3c2n1-c1ccc(-c2ccc4cc(-c5ccc6ccccc6c5)ccc4c2)cc1N3c1ccccc1. The van der Waals surface area contributed by atoms with Crippen molar-refractivity contribution in [2.24, 2.45) is 0 Å². The van der Waals surface area contributed by atoms with E-state index in [1.54, 1.807) is 0 Å². The molecule has 3 heteroatoms. The minimum atomic E-state index is 0.868. The maximum absolute atomic E-state index is 5.02. The molecule has 0 N–H and O–H groups in total. The van der Waals surface area contributed by atoms with E-state index < -0.39 is 0 Å². The normalized spacial score (nSPS) is 12.2. The third-order valence-corrected chi connectivity index (χ3v) is 9.01. The average Bonchev–Trinajstić information content (AvgIpc) is 3.48. The van der Waals surface area contributed by atoms with E-state index in [1.807, 2.05) is 0 Å². The van der Waals surface area contributed by atoms with Crippen LogP contribution in [-0.2, 0) is 6.42 Å². The fourth-order valence-electron chi connectivity index (χ4n) is 6.86. The largest absolute Gasteiger partial charge is 0.306 e. The summed E-state index contributed by atoms with van der Waals surface area (Å²) in [5.41, 5.74) is 11.7. The first-order chi connectivity index (χ1) is 21.7. The highest BCUT2D eigenvalue weighted by Crippen LogP contribution is 2.48. The molecule has 0 fully saturated rings. The number of para-hydroxylation sites is 2. The summed E-state index contributed by atoms with van der Waals surface area (Å²) in [5.74, 6) is 1.09. The minimum Gasteiger partial charge on any atom is -0.306 e. The van der Waals surface area contributed by atoms with Gasteiger partial charge in [-0.2, -0.15) is 0 Å². The van der Waals surface area contributed by atoms with Crippen molar-refractivity contribution in [3.05, 3.63) is 151 Å². The Morgan fingerprint density at radius 1 is 0.477 bits per heavy atom. The van der Waals surface area contributed by atoms with Crippen LogP contribution >= 0.6 is 0 Å². The summed E-state index contributed by atoms with van der Waals surface area (Å²) in [6.07, 6.45) is 0.868. The number of aromatic nitrogens is 2. The summed E-state index contributed by atoms with van der Waals surface area (Å²) in [6.45, 7) is 2.18. The maximum Gasteiger partial charge on any atom is 0.114 e. The smallest absolute Gasteiger partial charge is 0.114 e. The molecule has 0 saturated carbocycles. The molecule has 0 saturated heterocycles. The predicted octanol–water partition coefficient (Wildman–Crippen LogP) is 11.0. The van der Waals surface area contributed by atoms with Gasteiger partial charge < -0.3 is 4.90 Å². The standard InChI is InChI=1S/C41H29N3/c1-2-40-42-36-13-8-14-38-41(36)44(40)37-22-21-34(26-39(37)43(38)35-11-4-3-5-12-35)33-20-19-31-24-30(17-18-32(31)25-33)29-16-15-27-9-6-7-10-28(27)23-29/h3-26H,2H2,1H3. The number of rotatable bonds is 4. The molecule has 1 aliphatic heterocycles. The van der Waals surface area contributed by atoms with E-state index in [1.165, 1.54) is 49.3 Å². The summed E-state index contributed by atoms with van der Waals surface area (Å²) in [5, 5.41) is 5.01. The second-order valence-corrected chi connectivity index (χ2v) is 11.6. The third-order valence-electron chi connectivity index (χ3n) is 9.01. The molecular weight excluding hydrogens is 534 g/mol. The van der Waals surface area contributed by atoms with Crippen molar-refractivity contribution in [3.63, 3.8) is 0 Å². The first-order valence-corrected chi connectivity index (χ1v) is 15.3. The van der Waals surface area contributed by atoms with Crippen LogP contribution in [0.3, 0.4) is 0 Å². The lowest BCUT2D eigenvalue weighted by atomic mass is 9.96. The summed E-state index contributed by atoms with van der Waals surface area (Å²) in [7, 11) is 0. The van der Waals surface area contributed by atoms with Crippen LogP contribution in [0.25, 0.3) is 60.5 Å². The molecule has 0 radical (unpaired) electrons. The molecule has 0 amide bonds. The molecule has 7 aromatic carbocycles. The highest BCUT2D eigenvalue weighted by molar-refractivity contribution is 6.02. The lowest BCUT2D eigenvalue weighted by molar-refractivity contribution is 0.900. The van der Waals surface area contributed by atoms with Gasteiger partial charge in [0.15, 0.2) is 0 Å². The lowest BCUT2D eigenvalue weighted by Crippen LogP contribution is -2.19. The van der Waals surface area contributed by atoms with Crippen molar-refractivity contribution >= 4 is 49.6 Å². The molecule has 208 valence electrons. The second kappa shape index (κ2) is 9.68. The molecule has 1 aromatic heterocycles. The van der Waals surface area contributed by atoms with Crippen molar-refractivity contribution in [3.8, 4) is 27.9 Å². The Hall–Kier alpha value is -5.67. The Balaban J connectivity index is 1.17. The van der Waals surface area contributed by atoms with E-state index in [4.69, 9.17) is 4.98 Å². The van der Waals surface area contributed by atoms with Gasteiger partial charge in [-0.15, -0.1) is 0 Å². The minimum absolute atomic E-state index is 0.868. The van der Waals surface area contributed by atoms with Gasteiger partial charge in [0.2, 0.25) is 0 Å². The Kier molecular flexibility index (Phi) is 5.48. The zero-order valence-electron chi connectivity index (χ0n) is 24.4. The molecule has 0 bridgehead atoms. The van der Waals surface area contributed by atoms with Crippen LogP contribution in [0.5, 0.6) is 0 Å². The predicted molar refractivity (Wildman–Crippen MR) is 185 cm³/mol. The molecule has 0 aliphatic carbocycles. The number of imidazole rings is 1. The van der Waals surface area contributed by atoms with E-state index >= 15 is 0 Å². The number of hydrogen-bond acceptors (Lipinski definition) is 2. The van der Waals surface area contributed by atoms with Gasteiger partial charge in [-0.3, -0.25) is 4.57 Å². The number of anilines is 3. The van der Waals surface area contributed by atoms with Crippen molar-refractivity contribution in [1.29, 1.82) is 0 Å². The van der Waals surface area contributed by atoms with Crippen molar-refractivity contribution in [2.45, 2.75) is 13.3 Å². The Labute approximate surface area is 256 Å². The molecule has 44 heavy (non-hydrogen) atoms. The summed E-state index contributed by atoms with van der Waals surface area (Å²) >= 11 is 0. The first kappa shape index (κ1) is 24.9. The van der Waals surface area contributed by atoms with E-state index in [-0.39, 0.29) is 0 Å². The number of benzene rings is 7. The Bertz CT molecular complexity index is 2380. The topological polar surface area (TPSA) is 21.1 Å². The highest BCUT2D eigenvalue weighted by Gasteiger charge is 2.28.